The zero-order valence-corrected chi connectivity index (χ0v) is 18.0. The van der Waals surface area contributed by atoms with Gasteiger partial charge in [0.05, 0.1) is 26.4 Å². The second-order valence-electron chi connectivity index (χ2n) is 7.34. The fourth-order valence-corrected chi connectivity index (χ4v) is 3.35. The Morgan fingerprint density at radius 2 is 1.80 bits per heavy atom. The number of nitrogens with zero attached hydrogens (tertiary/aromatic N) is 1. The molecule has 0 aromatic heterocycles. The van der Waals surface area contributed by atoms with Gasteiger partial charge in [0.15, 0.2) is 5.96 Å². The van der Waals surface area contributed by atoms with Crippen molar-refractivity contribution < 1.29 is 14.2 Å². The zero-order valence-electron chi connectivity index (χ0n) is 18.0. The second-order valence-corrected chi connectivity index (χ2v) is 7.34. The third kappa shape index (κ3) is 7.35. The quantitative estimate of drug-likeness (QED) is 0.487. The maximum atomic E-state index is 6.04. The van der Waals surface area contributed by atoms with Crippen molar-refractivity contribution in [3.05, 3.63) is 65.2 Å². The molecule has 30 heavy (non-hydrogen) atoms. The predicted molar refractivity (Wildman–Crippen MR) is 120 cm³/mol. The van der Waals surface area contributed by atoms with Gasteiger partial charge in [0.1, 0.15) is 5.75 Å². The molecule has 2 N–H and O–H groups in total. The molecule has 2 aromatic carbocycles. The van der Waals surface area contributed by atoms with Crippen molar-refractivity contribution in [1.29, 1.82) is 0 Å². The van der Waals surface area contributed by atoms with Crippen LogP contribution in [0.4, 0.5) is 0 Å². The molecule has 3 rings (SSSR count). The van der Waals surface area contributed by atoms with E-state index in [1.165, 1.54) is 11.1 Å². The van der Waals surface area contributed by atoms with E-state index in [1.54, 1.807) is 7.11 Å². The number of methoxy groups -OCH3 is 1. The lowest BCUT2D eigenvalue weighted by Crippen LogP contribution is -2.36. The van der Waals surface area contributed by atoms with Crippen molar-refractivity contribution in [2.45, 2.75) is 45.6 Å². The summed E-state index contributed by atoms with van der Waals surface area (Å²) in [7, 11) is 1.68. The van der Waals surface area contributed by atoms with Gasteiger partial charge in [-0.15, -0.1) is 0 Å². The van der Waals surface area contributed by atoms with Gasteiger partial charge < -0.3 is 24.8 Å². The van der Waals surface area contributed by atoms with Crippen LogP contribution >= 0.6 is 0 Å². The summed E-state index contributed by atoms with van der Waals surface area (Å²) < 4.78 is 16.7. The molecule has 0 aliphatic carbocycles. The summed E-state index contributed by atoms with van der Waals surface area (Å²) in [5.41, 5.74) is 3.50. The highest BCUT2D eigenvalue weighted by molar-refractivity contribution is 5.79. The van der Waals surface area contributed by atoms with E-state index in [0.717, 1.165) is 49.9 Å². The Morgan fingerprint density at radius 3 is 2.60 bits per heavy atom. The zero-order chi connectivity index (χ0) is 21.0. The van der Waals surface area contributed by atoms with E-state index >= 15 is 0 Å². The molecule has 0 atom stereocenters. The van der Waals surface area contributed by atoms with Gasteiger partial charge in [-0.05, 0) is 48.6 Å². The molecule has 0 unspecified atom stereocenters. The Kier molecular flexibility index (Phi) is 9.00. The van der Waals surface area contributed by atoms with Crippen LogP contribution in [-0.4, -0.2) is 38.9 Å². The van der Waals surface area contributed by atoms with Crippen LogP contribution in [0.3, 0.4) is 0 Å². The molecule has 1 saturated heterocycles. The molecule has 1 aliphatic rings. The van der Waals surface area contributed by atoms with E-state index in [4.69, 9.17) is 19.2 Å². The third-order valence-electron chi connectivity index (χ3n) is 5.00. The number of guanidine groups is 1. The minimum atomic E-state index is 0.307. The van der Waals surface area contributed by atoms with E-state index < -0.39 is 0 Å². The van der Waals surface area contributed by atoms with Gasteiger partial charge in [0.25, 0.3) is 0 Å². The normalized spacial score (nSPS) is 15.1. The number of ether oxygens (including phenoxy) is 3. The number of nitrogens with one attached hydrogen (secondary N) is 2. The molecule has 0 bridgehead atoms. The third-order valence-corrected chi connectivity index (χ3v) is 5.00. The van der Waals surface area contributed by atoms with Crippen molar-refractivity contribution >= 4 is 5.96 Å². The monoisotopic (exact) mass is 411 g/mol. The molecule has 6 heteroatoms. The first kappa shape index (κ1) is 22.1. The van der Waals surface area contributed by atoms with Gasteiger partial charge in [-0.3, -0.25) is 0 Å². The van der Waals surface area contributed by atoms with Gasteiger partial charge in [-0.1, -0.05) is 36.4 Å². The van der Waals surface area contributed by atoms with E-state index in [0.29, 0.717) is 25.8 Å². The minimum Gasteiger partial charge on any atom is -0.497 e. The lowest BCUT2D eigenvalue weighted by Gasteiger charge is -2.22. The van der Waals surface area contributed by atoms with Crippen LogP contribution in [0.25, 0.3) is 0 Å². The number of hydrogen-bond acceptors (Lipinski definition) is 4. The topological polar surface area (TPSA) is 64.1 Å². The Morgan fingerprint density at radius 1 is 1.03 bits per heavy atom. The first-order chi connectivity index (χ1) is 14.8. The van der Waals surface area contributed by atoms with Crippen molar-refractivity contribution in [1.82, 2.24) is 10.6 Å². The highest BCUT2D eigenvalue weighted by Gasteiger charge is 2.14. The summed E-state index contributed by atoms with van der Waals surface area (Å²) in [5.74, 6) is 1.65. The summed E-state index contributed by atoms with van der Waals surface area (Å²) in [5, 5.41) is 6.69. The summed E-state index contributed by atoms with van der Waals surface area (Å²) in [6.07, 6.45) is 2.27. The van der Waals surface area contributed by atoms with E-state index in [-0.39, 0.29) is 0 Å². The van der Waals surface area contributed by atoms with Crippen LogP contribution in [0.15, 0.2) is 53.5 Å². The first-order valence-corrected chi connectivity index (χ1v) is 10.7. The fourth-order valence-electron chi connectivity index (χ4n) is 3.35. The van der Waals surface area contributed by atoms with Gasteiger partial charge in [0, 0.05) is 26.3 Å². The minimum absolute atomic E-state index is 0.307. The number of benzene rings is 2. The maximum Gasteiger partial charge on any atom is 0.191 e. The number of hydrogen-bond donors (Lipinski definition) is 2. The predicted octanol–water partition coefficient (Wildman–Crippen LogP) is 3.65. The van der Waals surface area contributed by atoms with Crippen LogP contribution < -0.4 is 15.4 Å². The lowest BCUT2D eigenvalue weighted by molar-refractivity contribution is -0.0390. The Balaban J connectivity index is 1.54. The molecule has 0 amide bonds. The van der Waals surface area contributed by atoms with Gasteiger partial charge in [-0.25, -0.2) is 4.99 Å². The molecular formula is C24H33N3O3. The molecule has 6 nitrogen and oxygen atoms in total. The van der Waals surface area contributed by atoms with E-state index in [9.17, 15) is 0 Å². The van der Waals surface area contributed by atoms with Gasteiger partial charge in [0.2, 0.25) is 0 Å². The van der Waals surface area contributed by atoms with Crippen molar-refractivity contribution in [3.63, 3.8) is 0 Å². The highest BCUT2D eigenvalue weighted by atomic mass is 16.5. The Labute approximate surface area is 179 Å². The molecule has 1 aliphatic heterocycles. The average molecular weight is 412 g/mol. The summed E-state index contributed by atoms with van der Waals surface area (Å²) in [6, 6.07) is 16.5. The van der Waals surface area contributed by atoms with Crippen LogP contribution in [0.5, 0.6) is 5.75 Å². The van der Waals surface area contributed by atoms with Crippen LogP contribution in [0.1, 0.15) is 36.5 Å². The van der Waals surface area contributed by atoms with Crippen molar-refractivity contribution in [2.24, 2.45) is 4.99 Å². The number of aliphatic imine (C=N–C) groups is 1. The largest absolute Gasteiger partial charge is 0.497 e. The first-order valence-electron chi connectivity index (χ1n) is 10.7. The smallest absolute Gasteiger partial charge is 0.191 e. The fraction of sp³-hybridized carbons (Fsp3) is 0.458. The Bertz CT molecular complexity index is 804. The molecule has 0 spiro atoms. The summed E-state index contributed by atoms with van der Waals surface area (Å²) in [4.78, 5) is 4.74. The molecule has 1 fully saturated rings. The lowest BCUT2D eigenvalue weighted by atomic mass is 10.1. The van der Waals surface area contributed by atoms with Crippen LogP contribution in [0.2, 0.25) is 0 Å². The Hall–Kier alpha value is -2.57. The van der Waals surface area contributed by atoms with Crippen molar-refractivity contribution in [2.75, 3.05) is 26.9 Å². The average Bonchev–Trinajstić information content (AvgIpc) is 2.80. The summed E-state index contributed by atoms with van der Waals surface area (Å²) in [6.45, 7) is 6.40. The molecule has 0 saturated carbocycles. The molecular weight excluding hydrogens is 378 g/mol. The molecule has 0 radical (unpaired) electrons. The standard InChI is InChI=1S/C24H33N3O3/c1-3-25-24(27-17-20-7-5-9-23(15-20)28-2)26-16-19-6-4-8-21(14-19)18-30-22-10-12-29-13-11-22/h4-9,14-15,22H,3,10-13,16-18H2,1-2H3,(H2,25,26,27). The van der Waals surface area contributed by atoms with Gasteiger partial charge >= 0.3 is 0 Å². The van der Waals surface area contributed by atoms with Crippen molar-refractivity contribution in [3.8, 4) is 5.75 Å². The molecule has 2 aromatic rings. The van der Waals surface area contributed by atoms with Crippen LogP contribution in [-0.2, 0) is 29.2 Å². The van der Waals surface area contributed by atoms with E-state index in [2.05, 4.69) is 47.9 Å². The summed E-state index contributed by atoms with van der Waals surface area (Å²) >= 11 is 0. The SMILES string of the molecule is CCNC(=NCc1cccc(COC2CCOCC2)c1)NCc1cccc(OC)c1. The molecule has 162 valence electrons. The maximum absolute atomic E-state index is 6.04. The number of rotatable bonds is 9. The second kappa shape index (κ2) is 12.2. The highest BCUT2D eigenvalue weighted by Crippen LogP contribution is 2.15. The van der Waals surface area contributed by atoms with Crippen LogP contribution in [0, 0.1) is 0 Å². The van der Waals surface area contributed by atoms with E-state index in [1.807, 2.05) is 18.2 Å². The molecule has 1 heterocycles. The van der Waals surface area contributed by atoms with Gasteiger partial charge in [-0.2, -0.15) is 0 Å².